The van der Waals surface area contributed by atoms with Gasteiger partial charge >= 0.3 is 0 Å². The van der Waals surface area contributed by atoms with Crippen molar-refractivity contribution in [2.75, 3.05) is 0 Å². The van der Waals surface area contributed by atoms with E-state index < -0.39 is 0 Å². The van der Waals surface area contributed by atoms with Crippen LogP contribution < -0.4 is 0 Å². The first-order valence-corrected chi connectivity index (χ1v) is 5.94. The standard InChI is InChI=1S/C15H16N2O/c1-12(2)8-9-15(18)13-10-16-17(11-13)14-6-4-3-5-7-14/h3-7,10-11H,1,8-9H2,2H3. The number of ketones is 1. The SMILES string of the molecule is C=C(C)CCC(=O)c1cnn(-c2ccccc2)c1. The first-order valence-electron chi connectivity index (χ1n) is 5.94. The number of nitrogens with zero attached hydrogens (tertiary/aromatic N) is 2. The fraction of sp³-hybridized carbons (Fsp3) is 0.200. The van der Waals surface area contributed by atoms with Gasteiger partial charge in [-0.2, -0.15) is 5.10 Å². The molecule has 0 saturated heterocycles. The maximum absolute atomic E-state index is 11.9. The summed E-state index contributed by atoms with van der Waals surface area (Å²) in [5.41, 5.74) is 2.63. The summed E-state index contributed by atoms with van der Waals surface area (Å²) in [5, 5.41) is 4.21. The van der Waals surface area contributed by atoms with E-state index in [0.717, 1.165) is 17.7 Å². The second-order valence-corrected chi connectivity index (χ2v) is 4.39. The maximum Gasteiger partial charge on any atom is 0.166 e. The average molecular weight is 240 g/mol. The molecule has 0 aliphatic heterocycles. The van der Waals surface area contributed by atoms with E-state index in [4.69, 9.17) is 0 Å². The van der Waals surface area contributed by atoms with Gasteiger partial charge in [0.1, 0.15) is 0 Å². The number of carbonyl (C=O) groups is 1. The minimum absolute atomic E-state index is 0.111. The van der Waals surface area contributed by atoms with E-state index in [-0.39, 0.29) is 5.78 Å². The summed E-state index contributed by atoms with van der Waals surface area (Å²) in [6.07, 6.45) is 4.62. The van der Waals surface area contributed by atoms with Crippen LogP contribution in [0.1, 0.15) is 30.1 Å². The van der Waals surface area contributed by atoms with E-state index in [2.05, 4.69) is 11.7 Å². The minimum atomic E-state index is 0.111. The summed E-state index contributed by atoms with van der Waals surface area (Å²) in [4.78, 5) is 11.9. The van der Waals surface area contributed by atoms with Gasteiger partial charge in [0, 0.05) is 12.6 Å². The topological polar surface area (TPSA) is 34.9 Å². The number of para-hydroxylation sites is 1. The van der Waals surface area contributed by atoms with Gasteiger partial charge < -0.3 is 0 Å². The molecule has 1 aromatic heterocycles. The monoisotopic (exact) mass is 240 g/mol. The summed E-state index contributed by atoms with van der Waals surface area (Å²) in [7, 11) is 0. The number of Topliss-reactive ketones (excluding diaryl/α,β-unsaturated/α-hetero) is 1. The van der Waals surface area contributed by atoms with Crippen molar-refractivity contribution in [2.24, 2.45) is 0 Å². The van der Waals surface area contributed by atoms with Crippen LogP contribution in [0.5, 0.6) is 0 Å². The highest BCUT2D eigenvalue weighted by Gasteiger charge is 2.09. The number of carbonyl (C=O) groups excluding carboxylic acids is 1. The molecule has 1 heterocycles. The van der Waals surface area contributed by atoms with Gasteiger partial charge in [-0.15, -0.1) is 6.58 Å². The Kier molecular flexibility index (Phi) is 3.72. The largest absolute Gasteiger partial charge is 0.294 e. The van der Waals surface area contributed by atoms with Crippen molar-refractivity contribution in [3.63, 3.8) is 0 Å². The van der Waals surface area contributed by atoms with Gasteiger partial charge in [0.25, 0.3) is 0 Å². The summed E-state index contributed by atoms with van der Waals surface area (Å²) < 4.78 is 1.72. The predicted octanol–water partition coefficient (Wildman–Crippen LogP) is 3.41. The van der Waals surface area contributed by atoms with Crippen LogP contribution >= 0.6 is 0 Å². The zero-order valence-corrected chi connectivity index (χ0v) is 10.5. The smallest absolute Gasteiger partial charge is 0.166 e. The molecule has 92 valence electrons. The van der Waals surface area contributed by atoms with Gasteiger partial charge in [-0.25, -0.2) is 4.68 Å². The number of rotatable bonds is 5. The van der Waals surface area contributed by atoms with Crippen molar-refractivity contribution in [3.05, 3.63) is 60.4 Å². The third-order valence-electron chi connectivity index (χ3n) is 2.70. The van der Waals surface area contributed by atoms with Crippen molar-refractivity contribution in [1.29, 1.82) is 0 Å². The molecule has 18 heavy (non-hydrogen) atoms. The molecule has 0 radical (unpaired) electrons. The van der Waals surface area contributed by atoms with Crippen LogP contribution in [0.15, 0.2) is 54.9 Å². The molecule has 1 aromatic carbocycles. The highest BCUT2D eigenvalue weighted by molar-refractivity contribution is 5.95. The molecule has 3 nitrogen and oxygen atoms in total. The lowest BCUT2D eigenvalue weighted by atomic mass is 10.1. The number of benzene rings is 1. The lowest BCUT2D eigenvalue weighted by Crippen LogP contribution is -1.98. The number of aromatic nitrogens is 2. The maximum atomic E-state index is 11.9. The van der Waals surface area contributed by atoms with Gasteiger partial charge in [-0.3, -0.25) is 4.79 Å². The Morgan fingerprint density at radius 3 is 2.67 bits per heavy atom. The molecule has 2 rings (SSSR count). The Labute approximate surface area is 107 Å². The third kappa shape index (κ3) is 2.94. The molecule has 0 aliphatic rings. The molecule has 0 saturated carbocycles. The molecular weight excluding hydrogens is 224 g/mol. The second-order valence-electron chi connectivity index (χ2n) is 4.39. The Hall–Kier alpha value is -2.16. The van der Waals surface area contributed by atoms with E-state index in [1.807, 2.05) is 37.3 Å². The van der Waals surface area contributed by atoms with Crippen LogP contribution in [0, 0.1) is 0 Å². The van der Waals surface area contributed by atoms with E-state index in [1.165, 1.54) is 0 Å². The van der Waals surface area contributed by atoms with Crippen molar-refractivity contribution < 1.29 is 4.79 Å². The highest BCUT2D eigenvalue weighted by atomic mass is 16.1. The molecule has 0 spiro atoms. The van der Waals surface area contributed by atoms with Crippen LogP contribution in [-0.4, -0.2) is 15.6 Å². The summed E-state index contributed by atoms with van der Waals surface area (Å²) in [6.45, 7) is 5.73. The molecule has 2 aromatic rings. The average Bonchev–Trinajstić information content (AvgIpc) is 2.86. The second kappa shape index (κ2) is 5.45. The van der Waals surface area contributed by atoms with Gasteiger partial charge in [0.15, 0.2) is 5.78 Å². The number of hydrogen-bond donors (Lipinski definition) is 0. The van der Waals surface area contributed by atoms with Crippen molar-refractivity contribution in [2.45, 2.75) is 19.8 Å². The molecule has 0 atom stereocenters. The minimum Gasteiger partial charge on any atom is -0.294 e. The van der Waals surface area contributed by atoms with Crippen LogP contribution in [0.3, 0.4) is 0 Å². The van der Waals surface area contributed by atoms with Crippen LogP contribution in [0.4, 0.5) is 0 Å². The van der Waals surface area contributed by atoms with Gasteiger partial charge in [-0.1, -0.05) is 23.8 Å². The number of allylic oxidation sites excluding steroid dienone is 1. The fourth-order valence-electron chi connectivity index (χ4n) is 1.66. The Morgan fingerprint density at radius 1 is 1.28 bits per heavy atom. The zero-order valence-electron chi connectivity index (χ0n) is 10.5. The van der Waals surface area contributed by atoms with Crippen LogP contribution in [0.25, 0.3) is 5.69 Å². The lowest BCUT2D eigenvalue weighted by molar-refractivity contribution is 0.0983. The van der Waals surface area contributed by atoms with E-state index in [9.17, 15) is 4.79 Å². The van der Waals surface area contributed by atoms with Crippen molar-refractivity contribution in [3.8, 4) is 5.69 Å². The molecular formula is C15H16N2O. The van der Waals surface area contributed by atoms with Crippen LogP contribution in [-0.2, 0) is 0 Å². The van der Waals surface area contributed by atoms with Crippen LogP contribution in [0.2, 0.25) is 0 Å². The Balaban J connectivity index is 2.11. The first-order chi connectivity index (χ1) is 8.66. The first kappa shape index (κ1) is 12.3. The van der Waals surface area contributed by atoms with Gasteiger partial charge in [0.05, 0.1) is 17.4 Å². The Bertz CT molecular complexity index is 555. The third-order valence-corrected chi connectivity index (χ3v) is 2.70. The van der Waals surface area contributed by atoms with Crippen molar-refractivity contribution >= 4 is 5.78 Å². The fourth-order valence-corrected chi connectivity index (χ4v) is 1.66. The highest BCUT2D eigenvalue weighted by Crippen LogP contribution is 2.11. The lowest BCUT2D eigenvalue weighted by Gasteiger charge is -1.99. The normalized spacial score (nSPS) is 10.3. The molecule has 0 aliphatic carbocycles. The van der Waals surface area contributed by atoms with E-state index >= 15 is 0 Å². The summed E-state index contributed by atoms with van der Waals surface area (Å²) in [6, 6.07) is 9.75. The Morgan fingerprint density at radius 2 is 2.00 bits per heavy atom. The van der Waals surface area contributed by atoms with E-state index in [0.29, 0.717) is 12.0 Å². The summed E-state index contributed by atoms with van der Waals surface area (Å²) >= 11 is 0. The van der Waals surface area contributed by atoms with Gasteiger partial charge in [0.2, 0.25) is 0 Å². The molecule has 0 unspecified atom stereocenters. The molecule has 0 amide bonds. The quantitative estimate of drug-likeness (QED) is 0.593. The van der Waals surface area contributed by atoms with E-state index in [1.54, 1.807) is 17.1 Å². The molecule has 3 heteroatoms. The number of hydrogen-bond acceptors (Lipinski definition) is 2. The zero-order chi connectivity index (χ0) is 13.0. The molecule has 0 N–H and O–H groups in total. The van der Waals surface area contributed by atoms with Gasteiger partial charge in [-0.05, 0) is 25.5 Å². The van der Waals surface area contributed by atoms with Crippen molar-refractivity contribution in [1.82, 2.24) is 9.78 Å². The summed E-state index contributed by atoms with van der Waals surface area (Å²) in [5.74, 6) is 0.111. The molecule has 0 bridgehead atoms. The predicted molar refractivity (Wildman–Crippen MR) is 71.9 cm³/mol. The molecule has 0 fully saturated rings.